The van der Waals surface area contributed by atoms with Crippen LogP contribution in [0.4, 0.5) is 5.69 Å². The van der Waals surface area contributed by atoms with E-state index in [1.807, 2.05) is 13.8 Å². The van der Waals surface area contributed by atoms with Gasteiger partial charge in [-0.05, 0) is 34.1 Å². The van der Waals surface area contributed by atoms with Crippen LogP contribution in [0.3, 0.4) is 0 Å². The Morgan fingerprint density at radius 3 is 2.33 bits per heavy atom. The van der Waals surface area contributed by atoms with Gasteiger partial charge in [0, 0.05) is 32.0 Å². The van der Waals surface area contributed by atoms with Crippen molar-refractivity contribution in [3.05, 3.63) is 39.9 Å². The smallest absolute Gasteiger partial charge is 0.308 e. The lowest BCUT2D eigenvalue weighted by molar-refractivity contribution is -0.385. The summed E-state index contributed by atoms with van der Waals surface area (Å²) in [4.78, 5) is 49.2. The molecular formula is C21H31N3O6. The van der Waals surface area contributed by atoms with E-state index in [4.69, 9.17) is 4.74 Å². The number of nitro benzene ring substituents is 1. The van der Waals surface area contributed by atoms with E-state index in [1.54, 1.807) is 24.8 Å². The quantitative estimate of drug-likeness (QED) is 0.315. The number of nitrogens with one attached hydrogen (secondary N) is 1. The molecule has 1 aromatic rings. The first-order valence-corrected chi connectivity index (χ1v) is 10.2. The second kappa shape index (κ2) is 12.6. The van der Waals surface area contributed by atoms with E-state index in [0.717, 1.165) is 0 Å². The van der Waals surface area contributed by atoms with E-state index >= 15 is 0 Å². The molecule has 0 aliphatic carbocycles. The van der Waals surface area contributed by atoms with Crippen LogP contribution in [0.15, 0.2) is 24.3 Å². The minimum atomic E-state index is -0.899. The molecule has 0 heterocycles. The maximum absolute atomic E-state index is 12.4. The van der Waals surface area contributed by atoms with Crippen LogP contribution in [0.25, 0.3) is 0 Å². The molecule has 30 heavy (non-hydrogen) atoms. The van der Waals surface area contributed by atoms with Crippen LogP contribution in [0.1, 0.15) is 65.0 Å². The SMILES string of the molecule is CCN(CC)C(=O)CCCC(=O)NC(CC(=O)OC(C)C)c1ccccc1[N+](=O)[O-]. The lowest BCUT2D eigenvalue weighted by Gasteiger charge is -2.20. The van der Waals surface area contributed by atoms with Crippen molar-refractivity contribution in [2.75, 3.05) is 13.1 Å². The van der Waals surface area contributed by atoms with Crippen molar-refractivity contribution in [1.29, 1.82) is 0 Å². The Morgan fingerprint density at radius 2 is 1.77 bits per heavy atom. The summed E-state index contributed by atoms with van der Waals surface area (Å²) in [5.41, 5.74) is 0.0487. The Kier molecular flexibility index (Phi) is 10.5. The van der Waals surface area contributed by atoms with Gasteiger partial charge in [-0.1, -0.05) is 18.2 Å². The van der Waals surface area contributed by atoms with Crippen molar-refractivity contribution >= 4 is 23.5 Å². The average molecular weight is 421 g/mol. The third-order valence-electron chi connectivity index (χ3n) is 4.49. The topological polar surface area (TPSA) is 119 Å². The highest BCUT2D eigenvalue weighted by molar-refractivity contribution is 5.80. The molecule has 0 aliphatic heterocycles. The molecule has 0 saturated heterocycles. The number of ether oxygens (including phenoxy) is 1. The number of hydrogen-bond donors (Lipinski definition) is 1. The van der Waals surface area contributed by atoms with Gasteiger partial charge in [-0.25, -0.2) is 0 Å². The van der Waals surface area contributed by atoms with Crippen molar-refractivity contribution < 1.29 is 24.0 Å². The minimum Gasteiger partial charge on any atom is -0.463 e. The summed E-state index contributed by atoms with van der Waals surface area (Å²) < 4.78 is 5.14. The Hall–Kier alpha value is -2.97. The third kappa shape index (κ3) is 8.18. The normalized spacial score (nSPS) is 11.6. The van der Waals surface area contributed by atoms with Gasteiger partial charge in [0.15, 0.2) is 0 Å². The highest BCUT2D eigenvalue weighted by Crippen LogP contribution is 2.27. The lowest BCUT2D eigenvalue weighted by atomic mass is 10.0. The number of amides is 2. The number of nitro groups is 1. The van der Waals surface area contributed by atoms with Crippen LogP contribution in [0.2, 0.25) is 0 Å². The highest BCUT2D eigenvalue weighted by Gasteiger charge is 2.26. The molecule has 1 rings (SSSR count). The van der Waals surface area contributed by atoms with Gasteiger partial charge in [0.1, 0.15) is 0 Å². The maximum Gasteiger partial charge on any atom is 0.308 e. The molecule has 166 valence electrons. The number of nitrogens with zero attached hydrogens (tertiary/aromatic N) is 2. The van der Waals surface area contributed by atoms with E-state index in [9.17, 15) is 24.5 Å². The third-order valence-corrected chi connectivity index (χ3v) is 4.49. The highest BCUT2D eigenvalue weighted by atomic mass is 16.6. The van der Waals surface area contributed by atoms with Crippen LogP contribution in [0.5, 0.6) is 0 Å². The molecule has 1 unspecified atom stereocenters. The zero-order valence-corrected chi connectivity index (χ0v) is 18.1. The molecule has 0 spiro atoms. The van der Waals surface area contributed by atoms with Crippen molar-refractivity contribution in [1.82, 2.24) is 10.2 Å². The molecule has 9 heteroatoms. The first-order valence-electron chi connectivity index (χ1n) is 10.2. The average Bonchev–Trinajstić information content (AvgIpc) is 2.67. The molecule has 0 aromatic heterocycles. The first kappa shape index (κ1) is 25.1. The summed E-state index contributed by atoms with van der Waals surface area (Å²) in [6.07, 6.45) is 0.0870. The zero-order valence-electron chi connectivity index (χ0n) is 18.1. The van der Waals surface area contributed by atoms with Gasteiger partial charge >= 0.3 is 5.97 Å². The molecule has 0 bridgehead atoms. The van der Waals surface area contributed by atoms with E-state index in [-0.39, 0.29) is 48.4 Å². The predicted molar refractivity (Wildman–Crippen MR) is 112 cm³/mol. The lowest BCUT2D eigenvalue weighted by Crippen LogP contribution is -2.32. The van der Waals surface area contributed by atoms with Gasteiger partial charge in [-0.2, -0.15) is 0 Å². The molecule has 1 N–H and O–H groups in total. The Labute approximate surface area is 176 Å². The van der Waals surface area contributed by atoms with Gasteiger partial charge in [-0.3, -0.25) is 24.5 Å². The van der Waals surface area contributed by atoms with Crippen molar-refractivity contribution in [3.63, 3.8) is 0 Å². The zero-order chi connectivity index (χ0) is 22.7. The van der Waals surface area contributed by atoms with E-state index < -0.39 is 16.9 Å². The minimum absolute atomic E-state index is 0.0245. The summed E-state index contributed by atoms with van der Waals surface area (Å²) in [7, 11) is 0. The number of esters is 1. The number of hydrogen-bond acceptors (Lipinski definition) is 6. The van der Waals surface area contributed by atoms with Gasteiger partial charge < -0.3 is 15.0 Å². The molecule has 0 saturated carbocycles. The summed E-state index contributed by atoms with van der Waals surface area (Å²) >= 11 is 0. The number of para-hydroxylation sites is 1. The van der Waals surface area contributed by atoms with Crippen molar-refractivity contribution in [3.8, 4) is 0 Å². The molecule has 0 aliphatic rings. The van der Waals surface area contributed by atoms with Crippen LogP contribution in [-0.4, -0.2) is 46.8 Å². The van der Waals surface area contributed by atoms with Crippen molar-refractivity contribution in [2.45, 2.75) is 65.5 Å². The summed E-state index contributed by atoms with van der Waals surface area (Å²) in [5.74, 6) is -0.975. The monoisotopic (exact) mass is 421 g/mol. The molecule has 0 fully saturated rings. The van der Waals surface area contributed by atoms with Gasteiger partial charge in [0.2, 0.25) is 11.8 Å². The number of rotatable bonds is 12. The Balaban J connectivity index is 2.86. The van der Waals surface area contributed by atoms with E-state index in [0.29, 0.717) is 19.5 Å². The number of carbonyl (C=O) groups is 3. The number of carbonyl (C=O) groups excluding carboxylic acids is 3. The van der Waals surface area contributed by atoms with Gasteiger partial charge in [-0.15, -0.1) is 0 Å². The fraction of sp³-hybridized carbons (Fsp3) is 0.571. The molecule has 0 radical (unpaired) electrons. The molecule has 2 amide bonds. The van der Waals surface area contributed by atoms with Crippen LogP contribution >= 0.6 is 0 Å². The fourth-order valence-electron chi connectivity index (χ4n) is 3.07. The first-order chi connectivity index (χ1) is 14.2. The van der Waals surface area contributed by atoms with Crippen LogP contribution < -0.4 is 5.32 Å². The second-order valence-electron chi connectivity index (χ2n) is 7.10. The maximum atomic E-state index is 12.4. The Bertz CT molecular complexity index is 746. The van der Waals surface area contributed by atoms with Crippen LogP contribution in [0, 0.1) is 10.1 Å². The largest absolute Gasteiger partial charge is 0.463 e. The molecule has 9 nitrogen and oxygen atoms in total. The molecule has 1 aromatic carbocycles. The summed E-state index contributed by atoms with van der Waals surface area (Å²) in [6, 6.07) is 5.06. The predicted octanol–water partition coefficient (Wildman–Crippen LogP) is 3.13. The summed E-state index contributed by atoms with van der Waals surface area (Å²) in [5, 5.41) is 14.1. The Morgan fingerprint density at radius 1 is 1.13 bits per heavy atom. The standard InChI is InChI=1S/C21H31N3O6/c1-5-23(6-2)20(26)13-9-12-19(25)22-17(14-21(27)30-15(3)4)16-10-7-8-11-18(16)24(28)29/h7-8,10-11,15,17H,5-6,9,12-14H2,1-4H3,(H,22,25). The molecular weight excluding hydrogens is 390 g/mol. The van der Waals surface area contributed by atoms with Crippen LogP contribution in [-0.2, 0) is 19.1 Å². The van der Waals surface area contributed by atoms with E-state index in [2.05, 4.69) is 5.32 Å². The molecule has 1 atom stereocenters. The number of benzene rings is 1. The summed E-state index contributed by atoms with van der Waals surface area (Å²) in [6.45, 7) is 8.40. The fourth-order valence-corrected chi connectivity index (χ4v) is 3.07. The van der Waals surface area contributed by atoms with Crippen molar-refractivity contribution in [2.24, 2.45) is 0 Å². The van der Waals surface area contributed by atoms with Gasteiger partial charge in [0.25, 0.3) is 5.69 Å². The van der Waals surface area contributed by atoms with E-state index in [1.165, 1.54) is 18.2 Å². The van der Waals surface area contributed by atoms with Gasteiger partial charge in [0.05, 0.1) is 29.1 Å². The second-order valence-corrected chi connectivity index (χ2v) is 7.10.